The van der Waals surface area contributed by atoms with Gasteiger partial charge in [0.2, 0.25) is 11.8 Å². The zero-order valence-electron chi connectivity index (χ0n) is 14.3. The Balaban J connectivity index is 1.79. The fourth-order valence-electron chi connectivity index (χ4n) is 2.30. The predicted molar refractivity (Wildman–Crippen MR) is 98.9 cm³/mol. The zero-order chi connectivity index (χ0) is 18.9. The fraction of sp³-hybridized carbons (Fsp3) is 0.222. The van der Waals surface area contributed by atoms with Crippen LogP contribution in [0.2, 0.25) is 0 Å². The first kappa shape index (κ1) is 18.9. The Hall–Kier alpha value is -3.42. The summed E-state index contributed by atoms with van der Waals surface area (Å²) in [7, 11) is 1.54. The second kappa shape index (κ2) is 9.16. The van der Waals surface area contributed by atoms with Crippen molar-refractivity contribution in [2.24, 2.45) is 0 Å². The topological polar surface area (TPSA) is 105 Å². The Kier molecular flexibility index (Phi) is 6.67. The maximum Gasteiger partial charge on any atom is 0.292 e. The molecule has 0 aliphatic rings. The van der Waals surface area contributed by atoms with Crippen LogP contribution < -0.4 is 10.6 Å². The highest BCUT2D eigenvalue weighted by molar-refractivity contribution is 5.94. The normalized spacial score (nSPS) is 10.0. The van der Waals surface area contributed by atoms with Gasteiger partial charge in [-0.15, -0.1) is 0 Å². The van der Waals surface area contributed by atoms with E-state index in [4.69, 9.17) is 0 Å². The van der Waals surface area contributed by atoms with Gasteiger partial charge in [-0.2, -0.15) is 0 Å². The van der Waals surface area contributed by atoms with Crippen LogP contribution in [-0.4, -0.2) is 41.8 Å². The molecule has 8 heteroatoms. The molecule has 0 aromatic heterocycles. The summed E-state index contributed by atoms with van der Waals surface area (Å²) in [6.45, 7) is 0.160. The third kappa shape index (κ3) is 5.59. The van der Waals surface area contributed by atoms with E-state index < -0.39 is 4.92 Å². The van der Waals surface area contributed by atoms with Crippen LogP contribution in [0.15, 0.2) is 54.6 Å². The number of hydrogen-bond donors (Lipinski definition) is 2. The Morgan fingerprint density at radius 2 is 1.73 bits per heavy atom. The number of nitro benzene ring substituents is 1. The van der Waals surface area contributed by atoms with Crippen molar-refractivity contribution in [1.29, 1.82) is 0 Å². The minimum atomic E-state index is -0.482. The third-order valence-electron chi connectivity index (χ3n) is 3.62. The summed E-state index contributed by atoms with van der Waals surface area (Å²) >= 11 is 0. The quantitative estimate of drug-likeness (QED) is 0.558. The summed E-state index contributed by atoms with van der Waals surface area (Å²) < 4.78 is 0. The average Bonchev–Trinajstić information content (AvgIpc) is 2.62. The lowest BCUT2D eigenvalue weighted by Crippen LogP contribution is -2.35. The summed E-state index contributed by atoms with van der Waals surface area (Å²) in [6.07, 6.45) is 0.112. The van der Waals surface area contributed by atoms with Crippen molar-refractivity contribution < 1.29 is 14.5 Å². The molecule has 0 unspecified atom stereocenters. The molecule has 2 aromatic rings. The number of likely N-dealkylation sites (N-methyl/N-ethyl adjacent to an activating group) is 1. The number of hydrogen-bond acceptors (Lipinski definition) is 5. The molecule has 136 valence electrons. The molecule has 0 aliphatic heterocycles. The van der Waals surface area contributed by atoms with Crippen molar-refractivity contribution >= 4 is 28.9 Å². The van der Waals surface area contributed by atoms with Crippen LogP contribution >= 0.6 is 0 Å². The molecule has 0 spiro atoms. The van der Waals surface area contributed by atoms with E-state index in [9.17, 15) is 19.7 Å². The van der Waals surface area contributed by atoms with E-state index in [-0.39, 0.29) is 37.0 Å². The van der Waals surface area contributed by atoms with Gasteiger partial charge in [-0.1, -0.05) is 30.3 Å². The Morgan fingerprint density at radius 1 is 1.08 bits per heavy atom. The zero-order valence-corrected chi connectivity index (χ0v) is 14.3. The fourth-order valence-corrected chi connectivity index (χ4v) is 2.30. The molecule has 8 nitrogen and oxygen atoms in total. The first-order valence-corrected chi connectivity index (χ1v) is 8.03. The van der Waals surface area contributed by atoms with E-state index in [1.807, 2.05) is 6.07 Å². The molecule has 0 radical (unpaired) electrons. The number of nitrogens with one attached hydrogen (secondary N) is 2. The number of carbonyl (C=O) groups is 2. The first-order valence-electron chi connectivity index (χ1n) is 8.03. The van der Waals surface area contributed by atoms with Gasteiger partial charge in [-0.25, -0.2) is 0 Å². The summed E-state index contributed by atoms with van der Waals surface area (Å²) in [4.78, 5) is 35.8. The monoisotopic (exact) mass is 356 g/mol. The first-order chi connectivity index (χ1) is 12.5. The third-order valence-corrected chi connectivity index (χ3v) is 3.62. The lowest BCUT2D eigenvalue weighted by atomic mass is 10.2. The van der Waals surface area contributed by atoms with Crippen LogP contribution in [0.1, 0.15) is 6.42 Å². The van der Waals surface area contributed by atoms with Crippen LogP contribution in [0.4, 0.5) is 17.1 Å². The van der Waals surface area contributed by atoms with Gasteiger partial charge in [0, 0.05) is 31.8 Å². The summed E-state index contributed by atoms with van der Waals surface area (Å²) in [5.74, 6) is -0.530. The van der Waals surface area contributed by atoms with Crippen LogP contribution in [-0.2, 0) is 9.59 Å². The SMILES string of the molecule is CN(CC(=O)Nc1ccccc1)C(=O)CCNc1ccccc1[N+](=O)[O-]. The van der Waals surface area contributed by atoms with Crippen LogP contribution in [0, 0.1) is 10.1 Å². The highest BCUT2D eigenvalue weighted by Crippen LogP contribution is 2.22. The molecule has 2 aromatic carbocycles. The lowest BCUT2D eigenvalue weighted by Gasteiger charge is -2.17. The highest BCUT2D eigenvalue weighted by atomic mass is 16.6. The van der Waals surface area contributed by atoms with Crippen molar-refractivity contribution in [1.82, 2.24) is 4.90 Å². The average molecular weight is 356 g/mol. The maximum atomic E-state index is 12.1. The van der Waals surface area contributed by atoms with Crippen molar-refractivity contribution in [3.8, 4) is 0 Å². The van der Waals surface area contributed by atoms with Gasteiger partial charge in [0.1, 0.15) is 5.69 Å². The van der Waals surface area contributed by atoms with E-state index >= 15 is 0 Å². The van der Waals surface area contributed by atoms with Crippen LogP contribution in [0.5, 0.6) is 0 Å². The minimum absolute atomic E-state index is 0.0458. The smallest absolute Gasteiger partial charge is 0.292 e. The number of amides is 2. The molecule has 0 heterocycles. The standard InChI is InChI=1S/C18H20N4O4/c1-21(13-17(23)20-14-7-3-2-4-8-14)18(24)11-12-19-15-9-5-6-10-16(15)22(25)26/h2-10,19H,11-13H2,1H3,(H,20,23). The van der Waals surface area contributed by atoms with Gasteiger partial charge in [0.15, 0.2) is 0 Å². The van der Waals surface area contributed by atoms with Gasteiger partial charge in [0.05, 0.1) is 11.5 Å². The van der Waals surface area contributed by atoms with E-state index in [2.05, 4.69) is 10.6 Å². The van der Waals surface area contributed by atoms with Crippen molar-refractivity contribution in [3.63, 3.8) is 0 Å². The molecule has 0 saturated carbocycles. The molecule has 0 aliphatic carbocycles. The number of nitro groups is 1. The molecule has 0 saturated heterocycles. The minimum Gasteiger partial charge on any atom is -0.379 e. The molecule has 2 amide bonds. The summed E-state index contributed by atoms with van der Waals surface area (Å²) in [5.41, 5.74) is 0.974. The predicted octanol–water partition coefficient (Wildman–Crippen LogP) is 2.49. The molecule has 26 heavy (non-hydrogen) atoms. The molecule has 0 bridgehead atoms. The Bertz CT molecular complexity index is 780. The van der Waals surface area contributed by atoms with Crippen molar-refractivity contribution in [3.05, 3.63) is 64.7 Å². The molecular formula is C18H20N4O4. The Labute approximate surface area is 151 Å². The van der Waals surface area contributed by atoms with Gasteiger partial charge in [-0.3, -0.25) is 19.7 Å². The molecular weight excluding hydrogens is 336 g/mol. The van der Waals surface area contributed by atoms with Gasteiger partial charge in [0.25, 0.3) is 5.69 Å². The lowest BCUT2D eigenvalue weighted by molar-refractivity contribution is -0.384. The molecule has 0 fully saturated rings. The van der Waals surface area contributed by atoms with Gasteiger partial charge < -0.3 is 15.5 Å². The second-order valence-electron chi connectivity index (χ2n) is 5.62. The number of nitrogens with zero attached hydrogens (tertiary/aromatic N) is 2. The number of para-hydroxylation sites is 3. The van der Waals surface area contributed by atoms with Crippen molar-refractivity contribution in [2.45, 2.75) is 6.42 Å². The van der Waals surface area contributed by atoms with E-state index in [1.165, 1.54) is 18.0 Å². The maximum absolute atomic E-state index is 12.1. The van der Waals surface area contributed by atoms with Crippen molar-refractivity contribution in [2.75, 3.05) is 30.8 Å². The number of anilines is 2. The molecule has 0 atom stereocenters. The van der Waals surface area contributed by atoms with E-state index in [0.29, 0.717) is 11.4 Å². The van der Waals surface area contributed by atoms with Gasteiger partial charge in [-0.05, 0) is 18.2 Å². The summed E-state index contributed by atoms with van der Waals surface area (Å²) in [6, 6.07) is 15.2. The molecule has 2 rings (SSSR count). The number of benzene rings is 2. The highest BCUT2D eigenvalue weighted by Gasteiger charge is 2.15. The number of carbonyl (C=O) groups excluding carboxylic acids is 2. The van der Waals surface area contributed by atoms with E-state index in [1.54, 1.807) is 42.5 Å². The van der Waals surface area contributed by atoms with E-state index in [0.717, 1.165) is 0 Å². The second-order valence-corrected chi connectivity index (χ2v) is 5.62. The van der Waals surface area contributed by atoms with Gasteiger partial charge >= 0.3 is 0 Å². The van der Waals surface area contributed by atoms with Crippen LogP contribution in [0.3, 0.4) is 0 Å². The molecule has 2 N–H and O–H groups in total. The summed E-state index contributed by atoms with van der Waals surface area (Å²) in [5, 5.41) is 16.5. The Morgan fingerprint density at radius 3 is 2.42 bits per heavy atom. The van der Waals surface area contributed by atoms with Crippen LogP contribution in [0.25, 0.3) is 0 Å². The number of rotatable bonds is 8. The largest absolute Gasteiger partial charge is 0.379 e.